The number of nitrogens with zero attached hydrogens (tertiary/aromatic N) is 3. The van der Waals surface area contributed by atoms with Gasteiger partial charge in [0.05, 0.1) is 11.3 Å². The maximum absolute atomic E-state index is 13.9. The van der Waals surface area contributed by atoms with Gasteiger partial charge in [-0.05, 0) is 47.9 Å². The number of pyridine rings is 1. The van der Waals surface area contributed by atoms with Crippen molar-refractivity contribution in [1.82, 2.24) is 14.5 Å². The van der Waals surface area contributed by atoms with Crippen molar-refractivity contribution in [3.63, 3.8) is 0 Å². The molecule has 2 aromatic carbocycles. The fourth-order valence-corrected chi connectivity index (χ4v) is 3.60. The zero-order chi connectivity index (χ0) is 23.4. The number of hydrogen-bond donors (Lipinski definition) is 2. The lowest BCUT2D eigenvalue weighted by molar-refractivity contribution is 0.590. The Bertz CT molecular complexity index is 1310. The van der Waals surface area contributed by atoms with E-state index >= 15 is 0 Å². The molecule has 1 atom stereocenters. The lowest BCUT2D eigenvalue weighted by atomic mass is 10.0. The molecule has 6 nitrogen and oxygen atoms in total. The minimum atomic E-state index is -0.403. The number of nitrogens with two attached hydrogens (primary N) is 1. The number of benzene rings is 2. The molecule has 0 amide bonds. The van der Waals surface area contributed by atoms with Crippen LogP contribution in [-0.2, 0) is 13.5 Å². The summed E-state index contributed by atoms with van der Waals surface area (Å²) >= 11 is 0. The average molecular weight is 484 g/mol. The second-order valence-electron chi connectivity index (χ2n) is 7.70. The maximum atomic E-state index is 13.9. The predicted octanol–water partition coefficient (Wildman–Crippen LogP) is 4.19. The Morgan fingerprint density at radius 2 is 1.68 bits per heavy atom. The van der Waals surface area contributed by atoms with Crippen molar-refractivity contribution in [3.05, 3.63) is 101 Å². The summed E-state index contributed by atoms with van der Waals surface area (Å²) in [6.45, 7) is 0.278. The van der Waals surface area contributed by atoms with Crippen molar-refractivity contribution in [2.24, 2.45) is 12.8 Å². The van der Waals surface area contributed by atoms with Crippen molar-refractivity contribution in [2.45, 2.75) is 12.5 Å². The molecule has 0 saturated heterocycles. The van der Waals surface area contributed by atoms with Gasteiger partial charge in [-0.2, -0.15) is 0 Å². The summed E-state index contributed by atoms with van der Waals surface area (Å²) in [7, 11) is 1.60. The first-order chi connectivity index (χ1) is 15.9. The van der Waals surface area contributed by atoms with Crippen LogP contribution in [0.1, 0.15) is 5.56 Å². The Morgan fingerprint density at radius 1 is 1.00 bits per heavy atom. The van der Waals surface area contributed by atoms with Crippen molar-refractivity contribution in [1.29, 1.82) is 0 Å². The molecule has 9 heteroatoms. The molecule has 2 heterocycles. The third-order valence-electron chi connectivity index (χ3n) is 5.34. The van der Waals surface area contributed by atoms with Gasteiger partial charge in [0.25, 0.3) is 5.56 Å². The summed E-state index contributed by atoms with van der Waals surface area (Å²) in [5.74, 6) is -0.375. The van der Waals surface area contributed by atoms with Crippen LogP contribution in [-0.4, -0.2) is 27.1 Å². The monoisotopic (exact) mass is 483 g/mol. The molecule has 34 heavy (non-hydrogen) atoms. The molecule has 2 aromatic heterocycles. The van der Waals surface area contributed by atoms with Gasteiger partial charge in [-0.25, -0.2) is 13.8 Å². The smallest absolute Gasteiger partial charge is 0.263 e. The van der Waals surface area contributed by atoms with Gasteiger partial charge < -0.3 is 11.1 Å². The van der Waals surface area contributed by atoms with E-state index in [0.717, 1.165) is 0 Å². The minimum Gasteiger partial charge on any atom is -0.354 e. The highest BCUT2D eigenvalue weighted by molar-refractivity contribution is 5.85. The molecular weight excluding hydrogens is 460 g/mol. The lowest BCUT2D eigenvalue weighted by Gasteiger charge is -2.18. The van der Waals surface area contributed by atoms with Crippen LogP contribution in [0.4, 0.5) is 14.7 Å². The third kappa shape index (κ3) is 5.47. The van der Waals surface area contributed by atoms with Gasteiger partial charge in [0.15, 0.2) is 0 Å². The number of anilines is 1. The normalized spacial score (nSPS) is 11.5. The maximum Gasteiger partial charge on any atom is 0.263 e. The summed E-state index contributed by atoms with van der Waals surface area (Å²) < 4.78 is 28.8. The van der Waals surface area contributed by atoms with E-state index in [1.807, 2.05) is 0 Å². The molecule has 0 aliphatic heterocycles. The van der Waals surface area contributed by atoms with E-state index < -0.39 is 11.9 Å². The van der Waals surface area contributed by atoms with Gasteiger partial charge in [0.2, 0.25) is 5.95 Å². The molecule has 4 aromatic rings. The molecular formula is C25H24ClF2N5O. The first kappa shape index (κ1) is 25.0. The molecule has 3 N–H and O–H groups in total. The lowest BCUT2D eigenvalue weighted by Crippen LogP contribution is -2.34. The fourth-order valence-electron chi connectivity index (χ4n) is 3.60. The van der Waals surface area contributed by atoms with Crippen molar-refractivity contribution in [2.75, 3.05) is 11.9 Å². The van der Waals surface area contributed by atoms with Gasteiger partial charge in [-0.3, -0.25) is 14.3 Å². The zero-order valence-electron chi connectivity index (χ0n) is 18.4. The largest absolute Gasteiger partial charge is 0.354 e. The van der Waals surface area contributed by atoms with E-state index in [2.05, 4.69) is 10.3 Å². The average Bonchev–Trinajstić information content (AvgIpc) is 2.83. The van der Waals surface area contributed by atoms with E-state index in [4.69, 9.17) is 10.7 Å². The van der Waals surface area contributed by atoms with Crippen LogP contribution in [0.3, 0.4) is 0 Å². The fraction of sp³-hybridized carbons (Fsp3) is 0.160. The predicted molar refractivity (Wildman–Crippen MR) is 132 cm³/mol. The van der Waals surface area contributed by atoms with Gasteiger partial charge in [-0.1, -0.05) is 30.3 Å². The number of rotatable bonds is 7. The molecule has 0 spiro atoms. The number of hydrogen-bond acceptors (Lipinski definition) is 5. The topological polar surface area (TPSA) is 85.8 Å². The molecule has 0 aliphatic rings. The highest BCUT2D eigenvalue weighted by Crippen LogP contribution is 2.28. The van der Waals surface area contributed by atoms with E-state index in [1.54, 1.807) is 61.9 Å². The van der Waals surface area contributed by atoms with Gasteiger partial charge >= 0.3 is 0 Å². The summed E-state index contributed by atoms with van der Waals surface area (Å²) in [4.78, 5) is 22.1. The van der Waals surface area contributed by atoms with E-state index in [1.165, 1.54) is 22.8 Å². The van der Waals surface area contributed by atoms with Gasteiger partial charge in [0, 0.05) is 37.6 Å². The Morgan fingerprint density at radius 3 is 2.35 bits per heavy atom. The molecule has 0 bridgehead atoms. The molecule has 0 fully saturated rings. The van der Waals surface area contributed by atoms with Crippen LogP contribution in [0.5, 0.6) is 0 Å². The summed E-state index contributed by atoms with van der Waals surface area (Å²) in [6, 6.07) is 15.3. The highest BCUT2D eigenvalue weighted by atomic mass is 35.5. The molecule has 0 aliphatic carbocycles. The van der Waals surface area contributed by atoms with Crippen LogP contribution in [0.25, 0.3) is 22.4 Å². The molecule has 4 rings (SSSR count). The summed E-state index contributed by atoms with van der Waals surface area (Å²) in [6.07, 6.45) is 3.55. The van der Waals surface area contributed by atoms with Gasteiger partial charge in [-0.15, -0.1) is 12.4 Å². The molecule has 176 valence electrons. The van der Waals surface area contributed by atoms with E-state index in [9.17, 15) is 13.6 Å². The number of aromatic nitrogens is 3. The summed E-state index contributed by atoms with van der Waals surface area (Å²) in [5, 5.41) is 3.12. The number of nitrogens with one attached hydrogen (secondary N) is 1. The summed E-state index contributed by atoms with van der Waals surface area (Å²) in [5.41, 5.74) is 8.48. The Balaban J connectivity index is 0.00000324. The van der Waals surface area contributed by atoms with Crippen LogP contribution >= 0.6 is 12.4 Å². The molecule has 0 saturated carbocycles. The first-order valence-corrected chi connectivity index (χ1v) is 10.4. The van der Waals surface area contributed by atoms with E-state index in [-0.39, 0.29) is 30.3 Å². The standard InChI is InChI=1S/C25H23F2N5O.ClH/c1-32-24(33)22(16-6-8-19(26)9-7-16)23(17-10-12-29-13-11-17)31-25(32)30-15-20(28)14-18-4-2-3-5-21(18)27;/h2-13,20H,14-15,28H2,1H3,(H,30,31);1H. The van der Waals surface area contributed by atoms with Crippen molar-refractivity contribution >= 4 is 18.4 Å². The SMILES string of the molecule is Cl.Cn1c(NCC(N)Cc2ccccc2F)nc(-c2ccncc2)c(-c2ccc(F)cc2)c1=O. The van der Waals surface area contributed by atoms with Crippen LogP contribution < -0.4 is 16.6 Å². The van der Waals surface area contributed by atoms with E-state index in [0.29, 0.717) is 40.3 Å². The Hall–Kier alpha value is -3.62. The second-order valence-corrected chi connectivity index (χ2v) is 7.70. The van der Waals surface area contributed by atoms with Crippen LogP contribution in [0.2, 0.25) is 0 Å². The first-order valence-electron chi connectivity index (χ1n) is 10.4. The van der Waals surface area contributed by atoms with Crippen molar-refractivity contribution < 1.29 is 8.78 Å². The Labute approximate surface area is 201 Å². The zero-order valence-corrected chi connectivity index (χ0v) is 19.2. The van der Waals surface area contributed by atoms with Crippen LogP contribution in [0, 0.1) is 11.6 Å². The Kier molecular flexibility index (Phi) is 8.09. The van der Waals surface area contributed by atoms with Crippen LogP contribution in [0.15, 0.2) is 77.9 Å². The molecule has 1 unspecified atom stereocenters. The number of halogens is 3. The molecule has 0 radical (unpaired) electrons. The quantitative estimate of drug-likeness (QED) is 0.411. The second kappa shape index (κ2) is 11.0. The third-order valence-corrected chi connectivity index (χ3v) is 5.34. The van der Waals surface area contributed by atoms with Gasteiger partial charge in [0.1, 0.15) is 11.6 Å². The van der Waals surface area contributed by atoms with Crippen molar-refractivity contribution in [3.8, 4) is 22.4 Å². The minimum absolute atomic E-state index is 0. The highest BCUT2D eigenvalue weighted by Gasteiger charge is 2.19.